The molecule has 13 heteroatoms. The van der Waals surface area contributed by atoms with Gasteiger partial charge in [-0.05, 0) is 6.42 Å². The number of unbranched alkanes of at least 4 members (excludes halogenated alkanes) is 9. The molecule has 0 saturated carbocycles. The van der Waals surface area contributed by atoms with Gasteiger partial charge in [-0.1, -0.05) is 64.7 Å². The maximum Gasteiger partial charge on any atom is 0.331 e. The van der Waals surface area contributed by atoms with E-state index in [1.165, 1.54) is 64.9 Å². The van der Waals surface area contributed by atoms with Crippen LogP contribution in [0.5, 0.6) is 0 Å². The molecule has 0 aliphatic heterocycles. The summed E-state index contributed by atoms with van der Waals surface area (Å²) < 4.78 is 64.4. The second kappa shape index (κ2) is 44.1. The minimum absolute atomic E-state index is 0.0675. The molecule has 48 heavy (non-hydrogen) atoms. The first-order chi connectivity index (χ1) is 23.8. The molecule has 0 N–H and O–H groups in total. The van der Waals surface area contributed by atoms with Crippen molar-refractivity contribution in [2.75, 3.05) is 152 Å². The van der Waals surface area contributed by atoms with Crippen LogP contribution in [0.2, 0.25) is 0 Å². The predicted octanol–water partition coefficient (Wildman–Crippen LogP) is 4.26. The van der Waals surface area contributed by atoms with Gasteiger partial charge in [0.2, 0.25) is 0 Å². The Bertz CT molecular complexity index is 601. The third-order valence-corrected chi connectivity index (χ3v) is 6.81. The van der Waals surface area contributed by atoms with Crippen LogP contribution in [-0.2, 0) is 61.6 Å². The summed E-state index contributed by atoms with van der Waals surface area (Å²) in [5.41, 5.74) is 0. The van der Waals surface area contributed by atoms with E-state index in [0.717, 1.165) is 13.0 Å². The van der Waals surface area contributed by atoms with E-state index in [0.29, 0.717) is 132 Å². The number of rotatable bonds is 43. The fourth-order valence-electron chi connectivity index (χ4n) is 4.11. The molecule has 288 valence electrons. The van der Waals surface area contributed by atoms with Crippen molar-refractivity contribution < 1.29 is 61.6 Å². The summed E-state index contributed by atoms with van der Waals surface area (Å²) in [4.78, 5) is 10.9. The average molecular weight is 699 g/mol. The number of carbonyl (C=O) groups is 1. The van der Waals surface area contributed by atoms with Gasteiger partial charge in [0.15, 0.2) is 0 Å². The molecule has 0 bridgehead atoms. The Labute approximate surface area is 291 Å². The van der Waals surface area contributed by atoms with Crippen molar-refractivity contribution in [3.8, 4) is 0 Å². The molecule has 0 unspecified atom stereocenters. The Hall–Kier alpha value is -0.970. The summed E-state index contributed by atoms with van der Waals surface area (Å²) in [6.07, 6.45) is 13.4. The minimum Gasteiger partial charge on any atom is -0.467 e. The molecule has 0 fully saturated rings. The highest BCUT2D eigenvalue weighted by Crippen LogP contribution is 2.10. The molecule has 0 aromatic heterocycles. The maximum atomic E-state index is 10.9. The van der Waals surface area contributed by atoms with Crippen molar-refractivity contribution >= 4 is 5.97 Å². The van der Waals surface area contributed by atoms with Crippen LogP contribution in [0.3, 0.4) is 0 Å². The molecule has 0 radical (unpaired) electrons. The van der Waals surface area contributed by atoms with Crippen LogP contribution < -0.4 is 0 Å². The Morgan fingerprint density at radius 1 is 0.312 bits per heavy atom. The lowest BCUT2D eigenvalue weighted by atomic mass is 10.1. The fraction of sp³-hybridized carbons (Fsp3) is 0.971. The third kappa shape index (κ3) is 43.1. The second-order valence-corrected chi connectivity index (χ2v) is 10.9. The zero-order chi connectivity index (χ0) is 34.7. The molecule has 0 amide bonds. The van der Waals surface area contributed by atoms with Crippen LogP contribution in [0.25, 0.3) is 0 Å². The first-order valence-corrected chi connectivity index (χ1v) is 18.2. The lowest BCUT2D eigenvalue weighted by molar-refractivity contribution is -0.146. The van der Waals surface area contributed by atoms with Gasteiger partial charge in [0.05, 0.1) is 139 Å². The van der Waals surface area contributed by atoms with Crippen LogP contribution in [0.4, 0.5) is 0 Å². The summed E-state index contributed by atoms with van der Waals surface area (Å²) in [7, 11) is 1.32. The summed E-state index contributed by atoms with van der Waals surface area (Å²) in [5.74, 6) is -0.405. The maximum absolute atomic E-state index is 10.9. The summed E-state index contributed by atoms with van der Waals surface area (Å²) in [5, 5.41) is 0. The molecule has 0 aliphatic carbocycles. The summed E-state index contributed by atoms with van der Waals surface area (Å²) >= 11 is 0. The molecular formula is C35H70O13. The topological polar surface area (TPSA) is 128 Å². The number of hydrogen-bond acceptors (Lipinski definition) is 13. The van der Waals surface area contributed by atoms with Gasteiger partial charge in [-0.15, -0.1) is 0 Å². The van der Waals surface area contributed by atoms with E-state index >= 15 is 0 Å². The lowest BCUT2D eigenvalue weighted by Crippen LogP contribution is -2.16. The van der Waals surface area contributed by atoms with Gasteiger partial charge in [0.25, 0.3) is 0 Å². The third-order valence-electron chi connectivity index (χ3n) is 6.81. The van der Waals surface area contributed by atoms with E-state index in [1.807, 2.05) is 0 Å². The monoisotopic (exact) mass is 698 g/mol. The first kappa shape index (κ1) is 47.0. The molecular weight excluding hydrogens is 628 g/mol. The standard InChI is InChI=1S/C35H70O13/c1-3-4-5-6-7-8-9-10-11-12-13-38-14-15-39-16-17-40-18-19-41-20-21-42-22-23-43-24-25-44-26-27-45-28-29-46-30-31-47-32-33-48-34-35(36)37-2/h3-34H2,1-2H3. The molecule has 0 rings (SSSR count). The van der Waals surface area contributed by atoms with E-state index in [1.54, 1.807) is 0 Å². The largest absolute Gasteiger partial charge is 0.467 e. The lowest BCUT2D eigenvalue weighted by Gasteiger charge is -2.09. The molecule has 0 saturated heterocycles. The second-order valence-electron chi connectivity index (χ2n) is 10.9. The van der Waals surface area contributed by atoms with Crippen molar-refractivity contribution in [3.05, 3.63) is 0 Å². The SMILES string of the molecule is CCCCCCCCCCCCOCCOCCOCCOCCOCCOCCOCCOCCOCCOCCOCC(=O)OC. The van der Waals surface area contributed by atoms with Crippen LogP contribution in [-0.4, -0.2) is 158 Å². The van der Waals surface area contributed by atoms with Crippen molar-refractivity contribution in [2.45, 2.75) is 71.1 Å². The zero-order valence-corrected chi connectivity index (χ0v) is 30.4. The highest BCUT2D eigenvalue weighted by Gasteiger charge is 2.00. The van der Waals surface area contributed by atoms with Crippen molar-refractivity contribution in [1.82, 2.24) is 0 Å². The quantitative estimate of drug-likeness (QED) is 0.0665. The van der Waals surface area contributed by atoms with Crippen molar-refractivity contribution in [3.63, 3.8) is 0 Å². The highest BCUT2D eigenvalue weighted by atomic mass is 16.6. The van der Waals surface area contributed by atoms with Crippen LogP contribution in [0.15, 0.2) is 0 Å². The van der Waals surface area contributed by atoms with Gasteiger partial charge >= 0.3 is 5.97 Å². The zero-order valence-electron chi connectivity index (χ0n) is 30.4. The predicted molar refractivity (Wildman–Crippen MR) is 183 cm³/mol. The van der Waals surface area contributed by atoms with Gasteiger partial charge in [0.1, 0.15) is 6.61 Å². The minimum atomic E-state index is -0.405. The Morgan fingerprint density at radius 3 is 0.812 bits per heavy atom. The Balaban J connectivity index is 3.05. The van der Waals surface area contributed by atoms with Gasteiger partial charge in [-0.3, -0.25) is 0 Å². The smallest absolute Gasteiger partial charge is 0.331 e. The van der Waals surface area contributed by atoms with Gasteiger partial charge in [-0.25, -0.2) is 4.79 Å². The van der Waals surface area contributed by atoms with Crippen LogP contribution in [0, 0.1) is 0 Å². The van der Waals surface area contributed by atoms with E-state index < -0.39 is 5.97 Å². The summed E-state index contributed by atoms with van der Waals surface area (Å²) in [6.45, 7) is 13.1. The van der Waals surface area contributed by atoms with Crippen molar-refractivity contribution in [1.29, 1.82) is 0 Å². The Kier molecular flexibility index (Phi) is 43.2. The Morgan fingerprint density at radius 2 is 0.542 bits per heavy atom. The van der Waals surface area contributed by atoms with E-state index in [-0.39, 0.29) is 6.61 Å². The molecule has 0 aromatic rings. The van der Waals surface area contributed by atoms with Crippen molar-refractivity contribution in [2.24, 2.45) is 0 Å². The van der Waals surface area contributed by atoms with Gasteiger partial charge < -0.3 is 56.8 Å². The molecule has 0 spiro atoms. The van der Waals surface area contributed by atoms with E-state index in [2.05, 4.69) is 11.7 Å². The van der Waals surface area contributed by atoms with Gasteiger partial charge in [0, 0.05) is 6.61 Å². The summed E-state index contributed by atoms with van der Waals surface area (Å²) in [6, 6.07) is 0. The van der Waals surface area contributed by atoms with Crippen LogP contribution in [0.1, 0.15) is 71.1 Å². The van der Waals surface area contributed by atoms with E-state index in [4.69, 9.17) is 52.1 Å². The number of esters is 1. The van der Waals surface area contributed by atoms with E-state index in [9.17, 15) is 4.79 Å². The number of methoxy groups -OCH3 is 1. The van der Waals surface area contributed by atoms with Gasteiger partial charge in [-0.2, -0.15) is 0 Å². The van der Waals surface area contributed by atoms with Crippen LogP contribution >= 0.6 is 0 Å². The fourth-order valence-corrected chi connectivity index (χ4v) is 4.11. The molecule has 0 aromatic carbocycles. The number of carbonyl (C=O) groups excluding carboxylic acids is 1. The average Bonchev–Trinajstić information content (AvgIpc) is 3.10. The molecule has 0 atom stereocenters. The highest BCUT2D eigenvalue weighted by molar-refractivity contribution is 5.70. The number of ether oxygens (including phenoxy) is 12. The normalized spacial score (nSPS) is 11.5. The number of hydrogen-bond donors (Lipinski definition) is 0. The molecule has 0 aliphatic rings. The molecule has 13 nitrogen and oxygen atoms in total. The first-order valence-electron chi connectivity index (χ1n) is 18.2. The molecule has 0 heterocycles.